The number of aromatic nitrogens is 4. The molecule has 1 N–H and O–H groups in total. The van der Waals surface area contributed by atoms with Gasteiger partial charge in [0.1, 0.15) is 5.82 Å². The lowest BCUT2D eigenvalue weighted by Gasteiger charge is -2.17. The average molecular weight is 453 g/mol. The number of benzene rings is 1. The van der Waals surface area contributed by atoms with Gasteiger partial charge in [-0.1, -0.05) is 23.9 Å². The number of anilines is 1. The molecule has 1 saturated heterocycles. The Balaban J connectivity index is 1.32. The van der Waals surface area contributed by atoms with Crippen LogP contribution < -0.4 is 15.0 Å². The molecule has 4 heterocycles. The molecule has 1 amide bonds. The quantitative estimate of drug-likeness (QED) is 0.337. The molecule has 1 aliphatic heterocycles. The van der Waals surface area contributed by atoms with Gasteiger partial charge >= 0.3 is 0 Å². The van der Waals surface area contributed by atoms with E-state index in [9.17, 15) is 4.79 Å². The number of rotatable bonds is 7. The fourth-order valence-corrected chi connectivity index (χ4v) is 4.37. The van der Waals surface area contributed by atoms with Crippen LogP contribution in [0.5, 0.6) is 5.75 Å². The Hall–Kier alpha value is -3.27. The van der Waals surface area contributed by atoms with E-state index in [-0.39, 0.29) is 11.7 Å². The molecule has 0 bridgehead atoms. The van der Waals surface area contributed by atoms with Crippen LogP contribution in [-0.4, -0.2) is 58.7 Å². The molecule has 1 aliphatic rings. The molecule has 10 heteroatoms. The van der Waals surface area contributed by atoms with E-state index in [1.54, 1.807) is 19.2 Å². The maximum absolute atomic E-state index is 12.6. The Labute approximate surface area is 189 Å². The standard InChI is InChI=1S/C22H24N6O3S/c1-30-16-7-5-6-14-12-17(31-18(14)16)21(29)23-8-11-28-20-15(13-24-28)19(25-22(26-20)32-2)27-9-3-4-10-27/h5-7,12-13H,3-4,8-11H2,1-2H3,(H,23,29). The molecule has 0 spiro atoms. The van der Waals surface area contributed by atoms with Crippen molar-refractivity contribution in [3.8, 4) is 5.75 Å². The minimum absolute atomic E-state index is 0.248. The van der Waals surface area contributed by atoms with Crippen molar-refractivity contribution in [3.05, 3.63) is 36.2 Å². The van der Waals surface area contributed by atoms with Crippen molar-refractivity contribution < 1.29 is 13.9 Å². The molecule has 4 aromatic rings. The monoisotopic (exact) mass is 452 g/mol. The van der Waals surface area contributed by atoms with Gasteiger partial charge in [0, 0.05) is 25.0 Å². The summed E-state index contributed by atoms with van der Waals surface area (Å²) in [5.41, 5.74) is 1.35. The van der Waals surface area contributed by atoms with Crippen molar-refractivity contribution in [2.24, 2.45) is 0 Å². The fraction of sp³-hybridized carbons (Fsp3) is 0.364. The van der Waals surface area contributed by atoms with Crippen molar-refractivity contribution in [2.75, 3.05) is 37.9 Å². The van der Waals surface area contributed by atoms with Crippen LogP contribution in [0.2, 0.25) is 0 Å². The second-order valence-electron chi connectivity index (χ2n) is 7.58. The first-order chi connectivity index (χ1) is 15.7. The molecule has 0 atom stereocenters. The number of carbonyl (C=O) groups is 1. The largest absolute Gasteiger partial charge is 0.493 e. The number of nitrogens with one attached hydrogen (secondary N) is 1. The third kappa shape index (κ3) is 3.75. The Morgan fingerprint density at radius 2 is 2.12 bits per heavy atom. The zero-order valence-electron chi connectivity index (χ0n) is 18.0. The molecule has 3 aromatic heterocycles. The third-order valence-electron chi connectivity index (χ3n) is 5.60. The highest BCUT2D eigenvalue weighted by Gasteiger charge is 2.21. The summed E-state index contributed by atoms with van der Waals surface area (Å²) in [4.78, 5) is 24.3. The van der Waals surface area contributed by atoms with E-state index in [4.69, 9.17) is 14.1 Å². The van der Waals surface area contributed by atoms with Crippen LogP contribution in [0.4, 0.5) is 5.82 Å². The molecule has 1 fully saturated rings. The maximum Gasteiger partial charge on any atom is 0.287 e. The van der Waals surface area contributed by atoms with Crippen LogP contribution in [0.25, 0.3) is 22.0 Å². The van der Waals surface area contributed by atoms with Gasteiger partial charge in [0.15, 0.2) is 27.9 Å². The number of carbonyl (C=O) groups excluding carboxylic acids is 1. The summed E-state index contributed by atoms with van der Waals surface area (Å²) in [5.74, 6) is 1.51. The van der Waals surface area contributed by atoms with E-state index in [1.165, 1.54) is 24.6 Å². The second kappa shape index (κ2) is 8.70. The fourth-order valence-electron chi connectivity index (χ4n) is 4.02. The smallest absolute Gasteiger partial charge is 0.287 e. The SMILES string of the molecule is COc1cccc2cc(C(=O)NCCn3ncc4c(N5CCCC5)nc(SC)nc43)oc12. The van der Waals surface area contributed by atoms with E-state index in [2.05, 4.69) is 20.3 Å². The van der Waals surface area contributed by atoms with Crippen molar-refractivity contribution in [3.63, 3.8) is 0 Å². The molecule has 9 nitrogen and oxygen atoms in total. The first-order valence-electron chi connectivity index (χ1n) is 10.5. The number of hydrogen-bond donors (Lipinski definition) is 1. The minimum atomic E-state index is -0.281. The maximum atomic E-state index is 12.6. The topological polar surface area (TPSA) is 98.3 Å². The predicted molar refractivity (Wildman–Crippen MR) is 124 cm³/mol. The Morgan fingerprint density at radius 1 is 1.28 bits per heavy atom. The van der Waals surface area contributed by atoms with Crippen LogP contribution in [0.1, 0.15) is 23.4 Å². The molecular weight excluding hydrogens is 428 g/mol. The summed E-state index contributed by atoms with van der Waals surface area (Å²) in [6.45, 7) is 2.89. The highest BCUT2D eigenvalue weighted by atomic mass is 32.2. The second-order valence-corrected chi connectivity index (χ2v) is 8.35. The zero-order valence-corrected chi connectivity index (χ0v) is 18.8. The number of ether oxygens (including phenoxy) is 1. The number of fused-ring (bicyclic) bond motifs is 2. The lowest BCUT2D eigenvalue weighted by molar-refractivity contribution is 0.0926. The van der Waals surface area contributed by atoms with E-state index in [0.29, 0.717) is 24.4 Å². The third-order valence-corrected chi connectivity index (χ3v) is 6.15. The van der Waals surface area contributed by atoms with Crippen LogP contribution in [0.3, 0.4) is 0 Å². The predicted octanol–water partition coefficient (Wildman–Crippen LogP) is 3.33. The van der Waals surface area contributed by atoms with Gasteiger partial charge in [-0.25, -0.2) is 14.6 Å². The minimum Gasteiger partial charge on any atom is -0.493 e. The average Bonchev–Trinajstić information content (AvgIpc) is 3.57. The highest BCUT2D eigenvalue weighted by Crippen LogP contribution is 2.29. The number of nitrogens with zero attached hydrogens (tertiary/aromatic N) is 5. The molecule has 0 unspecified atom stereocenters. The van der Waals surface area contributed by atoms with Gasteiger partial charge in [-0.15, -0.1) is 0 Å². The molecule has 0 saturated carbocycles. The van der Waals surface area contributed by atoms with Gasteiger partial charge in [0.2, 0.25) is 0 Å². The molecule has 0 aliphatic carbocycles. The molecule has 166 valence electrons. The first-order valence-corrected chi connectivity index (χ1v) is 11.8. The summed E-state index contributed by atoms with van der Waals surface area (Å²) in [7, 11) is 1.58. The first kappa shape index (κ1) is 20.6. The normalized spacial score (nSPS) is 13.9. The lowest BCUT2D eigenvalue weighted by Crippen LogP contribution is -2.27. The number of methoxy groups -OCH3 is 1. The van der Waals surface area contributed by atoms with Crippen LogP contribution in [0.15, 0.2) is 40.0 Å². The molecule has 32 heavy (non-hydrogen) atoms. The van der Waals surface area contributed by atoms with Crippen molar-refractivity contribution in [2.45, 2.75) is 24.5 Å². The van der Waals surface area contributed by atoms with Gasteiger partial charge in [0.25, 0.3) is 5.91 Å². The van der Waals surface area contributed by atoms with E-state index >= 15 is 0 Å². The van der Waals surface area contributed by atoms with E-state index < -0.39 is 0 Å². The number of para-hydroxylation sites is 1. The summed E-state index contributed by atoms with van der Waals surface area (Å²) >= 11 is 1.52. The number of furan rings is 1. The molecular formula is C22H24N6O3S. The van der Waals surface area contributed by atoms with Gasteiger partial charge in [0.05, 0.1) is 25.2 Å². The molecule has 5 rings (SSSR count). The zero-order chi connectivity index (χ0) is 22.1. The van der Waals surface area contributed by atoms with Crippen LogP contribution in [0, 0.1) is 0 Å². The van der Waals surface area contributed by atoms with E-state index in [1.807, 2.05) is 29.3 Å². The summed E-state index contributed by atoms with van der Waals surface area (Å²) in [6.07, 6.45) is 6.14. The van der Waals surface area contributed by atoms with Gasteiger partial charge in [-0.2, -0.15) is 5.10 Å². The van der Waals surface area contributed by atoms with Crippen LogP contribution in [-0.2, 0) is 6.54 Å². The number of thioether (sulfide) groups is 1. The Morgan fingerprint density at radius 3 is 2.91 bits per heavy atom. The summed E-state index contributed by atoms with van der Waals surface area (Å²) in [6, 6.07) is 7.27. The Kier molecular flexibility index (Phi) is 5.60. The van der Waals surface area contributed by atoms with Crippen LogP contribution >= 0.6 is 11.8 Å². The van der Waals surface area contributed by atoms with Gasteiger partial charge in [-0.05, 0) is 31.2 Å². The number of amides is 1. The van der Waals surface area contributed by atoms with Crippen molar-refractivity contribution >= 4 is 45.5 Å². The summed E-state index contributed by atoms with van der Waals surface area (Å²) in [5, 5.41) is 9.91. The number of hydrogen-bond acceptors (Lipinski definition) is 8. The summed E-state index contributed by atoms with van der Waals surface area (Å²) < 4.78 is 12.8. The van der Waals surface area contributed by atoms with Gasteiger partial charge in [-0.3, -0.25) is 4.79 Å². The van der Waals surface area contributed by atoms with Crippen molar-refractivity contribution in [1.82, 2.24) is 25.1 Å². The Bertz CT molecular complexity index is 1280. The molecule has 1 aromatic carbocycles. The highest BCUT2D eigenvalue weighted by molar-refractivity contribution is 7.98. The van der Waals surface area contributed by atoms with Crippen molar-refractivity contribution in [1.29, 1.82) is 0 Å². The van der Waals surface area contributed by atoms with E-state index in [0.717, 1.165) is 40.5 Å². The van der Waals surface area contributed by atoms with Gasteiger partial charge < -0.3 is 19.4 Å². The molecule has 0 radical (unpaired) electrons. The lowest BCUT2D eigenvalue weighted by atomic mass is 10.2.